The molecule has 1 spiro atoms. The molecule has 10 nitrogen and oxygen atoms in total. The molecule has 1 atom stereocenters. The van der Waals surface area contributed by atoms with Gasteiger partial charge in [0.2, 0.25) is 5.91 Å². The number of nitrogens with zero attached hydrogens (tertiary/aromatic N) is 4. The van der Waals surface area contributed by atoms with Gasteiger partial charge in [-0.3, -0.25) is 18.9 Å². The summed E-state index contributed by atoms with van der Waals surface area (Å²) in [6.45, 7) is 0.281. The number of benzene rings is 1. The van der Waals surface area contributed by atoms with Crippen molar-refractivity contribution in [1.82, 2.24) is 29.7 Å². The summed E-state index contributed by atoms with van der Waals surface area (Å²) in [5.41, 5.74) is 1.09. The Balaban J connectivity index is 1.17. The van der Waals surface area contributed by atoms with Crippen molar-refractivity contribution < 1.29 is 14.4 Å². The van der Waals surface area contributed by atoms with Gasteiger partial charge >= 0.3 is 11.7 Å². The van der Waals surface area contributed by atoms with Crippen molar-refractivity contribution in [2.45, 2.75) is 31.3 Å². The molecule has 10 heteroatoms. The summed E-state index contributed by atoms with van der Waals surface area (Å²) < 4.78 is 2.80. The second-order valence-electron chi connectivity index (χ2n) is 8.02. The summed E-state index contributed by atoms with van der Waals surface area (Å²) in [4.78, 5) is 51.2. The van der Waals surface area contributed by atoms with E-state index in [-0.39, 0.29) is 24.7 Å². The summed E-state index contributed by atoms with van der Waals surface area (Å²) in [6.07, 6.45) is 3.32. The van der Waals surface area contributed by atoms with Crippen molar-refractivity contribution in [1.29, 1.82) is 0 Å². The minimum absolute atomic E-state index is 0.242. The Bertz CT molecular complexity index is 1290. The number of aromatic nitrogens is 3. The molecule has 0 radical (unpaired) electrons. The van der Waals surface area contributed by atoms with Crippen molar-refractivity contribution in [3.63, 3.8) is 0 Å². The first-order valence-corrected chi connectivity index (χ1v) is 10.5. The average molecular weight is 434 g/mol. The van der Waals surface area contributed by atoms with Gasteiger partial charge < -0.3 is 10.6 Å². The van der Waals surface area contributed by atoms with Crippen LogP contribution in [0.5, 0.6) is 0 Å². The van der Waals surface area contributed by atoms with E-state index in [2.05, 4.69) is 15.7 Å². The van der Waals surface area contributed by atoms with Gasteiger partial charge in [-0.25, -0.2) is 14.3 Å². The van der Waals surface area contributed by atoms with Crippen LogP contribution in [0.3, 0.4) is 0 Å². The van der Waals surface area contributed by atoms with Crippen LogP contribution in [0.1, 0.15) is 24.0 Å². The lowest BCUT2D eigenvalue weighted by Crippen LogP contribution is -2.44. The summed E-state index contributed by atoms with van der Waals surface area (Å²) in [7, 11) is 0. The number of hydrogen-bond donors (Lipinski definition) is 2. The minimum Gasteiger partial charge on any atom is -0.354 e. The van der Waals surface area contributed by atoms with Crippen LogP contribution in [0.2, 0.25) is 0 Å². The van der Waals surface area contributed by atoms with Crippen LogP contribution >= 0.6 is 0 Å². The fourth-order valence-electron chi connectivity index (χ4n) is 4.50. The Morgan fingerprint density at radius 2 is 1.94 bits per heavy atom. The molecule has 5 rings (SSSR count). The molecule has 0 bridgehead atoms. The van der Waals surface area contributed by atoms with E-state index >= 15 is 0 Å². The highest BCUT2D eigenvalue weighted by molar-refractivity contribution is 6.09. The maximum atomic E-state index is 13.1. The normalized spacial score (nSPS) is 19.6. The van der Waals surface area contributed by atoms with E-state index < -0.39 is 17.5 Å². The second kappa shape index (κ2) is 7.63. The van der Waals surface area contributed by atoms with Crippen molar-refractivity contribution in [2.24, 2.45) is 0 Å². The number of rotatable bonds is 6. The number of nitrogens with one attached hydrogen (secondary N) is 2. The van der Waals surface area contributed by atoms with Gasteiger partial charge in [0.1, 0.15) is 12.1 Å². The van der Waals surface area contributed by atoms with Crippen molar-refractivity contribution >= 4 is 23.5 Å². The molecule has 32 heavy (non-hydrogen) atoms. The van der Waals surface area contributed by atoms with E-state index in [0.29, 0.717) is 31.5 Å². The number of fused-ring (bicyclic) bond motifs is 3. The SMILES string of the molecule is O=C(CN1C(=O)NC2(CCc3ccccc32)C1=O)NCCCn1nc2ccccn2c1=O. The highest BCUT2D eigenvalue weighted by Crippen LogP contribution is 2.41. The smallest absolute Gasteiger partial charge is 0.350 e. The van der Waals surface area contributed by atoms with Gasteiger partial charge in [-0.15, -0.1) is 5.10 Å². The van der Waals surface area contributed by atoms with Crippen LogP contribution in [0, 0.1) is 0 Å². The van der Waals surface area contributed by atoms with Gasteiger partial charge in [-0.1, -0.05) is 30.3 Å². The van der Waals surface area contributed by atoms with Crippen molar-refractivity contribution in [3.8, 4) is 0 Å². The van der Waals surface area contributed by atoms with Gasteiger partial charge in [0.25, 0.3) is 5.91 Å². The number of amides is 4. The van der Waals surface area contributed by atoms with Gasteiger partial charge in [0, 0.05) is 19.3 Å². The molecule has 164 valence electrons. The number of carbonyl (C=O) groups is 3. The lowest BCUT2D eigenvalue weighted by molar-refractivity contribution is -0.135. The third kappa shape index (κ3) is 3.15. The molecule has 4 amide bonds. The number of hydrogen-bond acceptors (Lipinski definition) is 5. The van der Waals surface area contributed by atoms with Gasteiger partial charge in [-0.05, 0) is 42.5 Å². The van der Waals surface area contributed by atoms with E-state index in [1.165, 1.54) is 9.08 Å². The summed E-state index contributed by atoms with van der Waals surface area (Å²) >= 11 is 0. The van der Waals surface area contributed by atoms with Crippen molar-refractivity contribution in [3.05, 3.63) is 70.3 Å². The third-order valence-corrected chi connectivity index (χ3v) is 6.08. The Morgan fingerprint density at radius 1 is 1.12 bits per heavy atom. The molecule has 1 aliphatic heterocycles. The highest BCUT2D eigenvalue weighted by Gasteiger charge is 2.55. The zero-order valence-electron chi connectivity index (χ0n) is 17.3. The molecule has 1 aliphatic carbocycles. The molecule has 1 saturated heterocycles. The Morgan fingerprint density at radius 3 is 2.78 bits per heavy atom. The molecule has 0 saturated carbocycles. The molecule has 3 heterocycles. The van der Waals surface area contributed by atoms with E-state index in [1.807, 2.05) is 24.3 Å². The molecule has 1 unspecified atom stereocenters. The van der Waals surface area contributed by atoms with E-state index in [9.17, 15) is 19.2 Å². The van der Waals surface area contributed by atoms with Crippen LogP contribution in [0.4, 0.5) is 4.79 Å². The van der Waals surface area contributed by atoms with Gasteiger partial charge in [0.05, 0.1) is 0 Å². The molecule has 2 aliphatic rings. The Kier molecular flexibility index (Phi) is 4.76. The molecule has 2 aromatic heterocycles. The third-order valence-electron chi connectivity index (χ3n) is 6.08. The zero-order valence-corrected chi connectivity index (χ0v) is 17.3. The van der Waals surface area contributed by atoms with Crippen LogP contribution in [0.25, 0.3) is 5.65 Å². The fourth-order valence-corrected chi connectivity index (χ4v) is 4.50. The number of imide groups is 1. The minimum atomic E-state index is -1.07. The largest absolute Gasteiger partial charge is 0.354 e. The van der Waals surface area contributed by atoms with Crippen LogP contribution in [0.15, 0.2) is 53.5 Å². The lowest BCUT2D eigenvalue weighted by atomic mass is 9.92. The predicted octanol–water partition coefficient (Wildman–Crippen LogP) is 0.396. The monoisotopic (exact) mass is 434 g/mol. The van der Waals surface area contributed by atoms with Crippen LogP contribution in [-0.4, -0.2) is 50.0 Å². The summed E-state index contributed by atoms with van der Waals surface area (Å²) in [6, 6.07) is 12.3. The molecular weight excluding hydrogens is 412 g/mol. The first-order valence-electron chi connectivity index (χ1n) is 10.5. The van der Waals surface area contributed by atoms with Gasteiger partial charge in [-0.2, -0.15) is 0 Å². The number of carbonyl (C=O) groups excluding carboxylic acids is 3. The van der Waals surface area contributed by atoms with Crippen molar-refractivity contribution in [2.75, 3.05) is 13.1 Å². The fraction of sp³-hybridized carbons (Fsp3) is 0.318. The van der Waals surface area contributed by atoms with E-state index in [4.69, 9.17) is 0 Å². The maximum Gasteiger partial charge on any atom is 0.350 e. The molecule has 1 aromatic carbocycles. The van der Waals surface area contributed by atoms with E-state index in [1.54, 1.807) is 24.4 Å². The molecule has 1 fully saturated rings. The maximum absolute atomic E-state index is 13.1. The second-order valence-corrected chi connectivity index (χ2v) is 8.02. The molecular formula is C22H22N6O4. The zero-order chi connectivity index (χ0) is 22.3. The Labute approximate surface area is 182 Å². The quantitative estimate of drug-likeness (QED) is 0.430. The topological polar surface area (TPSA) is 118 Å². The standard InChI is InChI=1S/C22H22N6O4/c29-18(23-11-5-13-28-21(32)26-12-4-3-8-17(26)25-28)14-27-19(30)22(24-20(27)31)10-9-15-6-1-2-7-16(15)22/h1-4,6-8,12H,5,9-11,13-14H2,(H,23,29)(H,24,31). The summed E-state index contributed by atoms with van der Waals surface area (Å²) in [5.74, 6) is -0.821. The van der Waals surface area contributed by atoms with Crippen LogP contribution < -0.4 is 16.3 Å². The van der Waals surface area contributed by atoms with Crippen LogP contribution in [-0.2, 0) is 28.1 Å². The predicted molar refractivity (Wildman–Crippen MR) is 114 cm³/mol. The number of aryl methyl sites for hydroxylation is 2. The number of pyridine rings is 1. The van der Waals surface area contributed by atoms with Gasteiger partial charge in [0.15, 0.2) is 5.65 Å². The first-order chi connectivity index (χ1) is 15.5. The average Bonchev–Trinajstić information content (AvgIpc) is 3.40. The van der Waals surface area contributed by atoms with E-state index in [0.717, 1.165) is 16.0 Å². The highest BCUT2D eigenvalue weighted by atomic mass is 16.2. The Hall–Kier alpha value is -3.95. The lowest BCUT2D eigenvalue weighted by Gasteiger charge is -2.22. The molecule has 3 aromatic rings. The number of urea groups is 1. The summed E-state index contributed by atoms with van der Waals surface area (Å²) in [5, 5.41) is 9.76. The first kappa shape index (κ1) is 20.0. The molecule has 2 N–H and O–H groups in total.